The van der Waals surface area contributed by atoms with Gasteiger partial charge in [-0.2, -0.15) is 0 Å². The van der Waals surface area contributed by atoms with Crippen molar-refractivity contribution in [3.8, 4) is 0 Å². The molecule has 0 spiro atoms. The number of Topliss-reactive ketones (excluding diaryl/α,β-unsaturated/α-hetero) is 1. The lowest BCUT2D eigenvalue weighted by atomic mass is 10.0. The SMILES string of the molecule is O=C(Cc1cccc(Br)c1)c1c(Cl)cccc1[N+](=O)[O-]. The number of carbonyl (C=O) groups is 1. The molecule has 0 N–H and O–H groups in total. The zero-order valence-corrected chi connectivity index (χ0v) is 12.5. The molecule has 102 valence electrons. The van der Waals surface area contributed by atoms with Crippen LogP contribution in [0.1, 0.15) is 15.9 Å². The van der Waals surface area contributed by atoms with Crippen LogP contribution in [0.4, 0.5) is 5.69 Å². The van der Waals surface area contributed by atoms with Crippen molar-refractivity contribution in [2.24, 2.45) is 0 Å². The van der Waals surface area contributed by atoms with Gasteiger partial charge in [0.1, 0.15) is 5.56 Å². The Kier molecular flexibility index (Phi) is 4.52. The minimum absolute atomic E-state index is 0.0425. The van der Waals surface area contributed by atoms with E-state index in [4.69, 9.17) is 11.6 Å². The largest absolute Gasteiger partial charge is 0.293 e. The summed E-state index contributed by atoms with van der Waals surface area (Å²) in [6.07, 6.45) is 0.0595. The first-order chi connectivity index (χ1) is 9.49. The van der Waals surface area contributed by atoms with E-state index in [1.165, 1.54) is 18.2 Å². The third-order valence-electron chi connectivity index (χ3n) is 2.72. The highest BCUT2D eigenvalue weighted by atomic mass is 79.9. The van der Waals surface area contributed by atoms with Crippen LogP contribution >= 0.6 is 27.5 Å². The Morgan fingerprint density at radius 1 is 1.25 bits per heavy atom. The third kappa shape index (κ3) is 3.23. The summed E-state index contributed by atoms with van der Waals surface area (Å²) < 4.78 is 0.844. The van der Waals surface area contributed by atoms with Gasteiger partial charge in [-0.1, -0.05) is 45.7 Å². The molecule has 2 rings (SSSR count). The van der Waals surface area contributed by atoms with Crippen molar-refractivity contribution >= 4 is 39.0 Å². The maximum Gasteiger partial charge on any atom is 0.281 e. The summed E-state index contributed by atoms with van der Waals surface area (Å²) in [5.41, 5.74) is 0.454. The van der Waals surface area contributed by atoms with Gasteiger partial charge in [0.2, 0.25) is 0 Å². The molecule has 0 saturated heterocycles. The first-order valence-corrected chi connectivity index (χ1v) is 6.86. The van der Waals surface area contributed by atoms with Gasteiger partial charge in [-0.05, 0) is 23.8 Å². The number of benzene rings is 2. The number of hydrogen-bond donors (Lipinski definition) is 0. The molecule has 0 amide bonds. The lowest BCUT2D eigenvalue weighted by Gasteiger charge is -2.05. The standard InChI is InChI=1S/C14H9BrClNO3/c15-10-4-1-3-9(7-10)8-13(18)14-11(16)5-2-6-12(14)17(19)20/h1-7H,8H2. The van der Waals surface area contributed by atoms with Gasteiger partial charge in [-0.15, -0.1) is 0 Å². The van der Waals surface area contributed by atoms with E-state index in [9.17, 15) is 14.9 Å². The number of nitro benzene ring substituents is 1. The van der Waals surface area contributed by atoms with Gasteiger partial charge in [-0.3, -0.25) is 14.9 Å². The predicted molar refractivity (Wildman–Crippen MR) is 80.3 cm³/mol. The van der Waals surface area contributed by atoms with Crippen molar-refractivity contribution in [3.05, 3.63) is 73.2 Å². The second kappa shape index (κ2) is 6.15. The fourth-order valence-corrected chi connectivity index (χ4v) is 2.58. The van der Waals surface area contributed by atoms with Gasteiger partial charge >= 0.3 is 0 Å². The van der Waals surface area contributed by atoms with Gasteiger partial charge < -0.3 is 0 Å². The number of nitro groups is 1. The van der Waals surface area contributed by atoms with Crippen molar-refractivity contribution < 1.29 is 9.72 Å². The van der Waals surface area contributed by atoms with Crippen LogP contribution in [-0.4, -0.2) is 10.7 Å². The summed E-state index contributed by atoms with van der Waals surface area (Å²) in [6, 6.07) is 11.4. The molecule has 0 aliphatic heterocycles. The highest BCUT2D eigenvalue weighted by molar-refractivity contribution is 9.10. The monoisotopic (exact) mass is 353 g/mol. The molecule has 20 heavy (non-hydrogen) atoms. The fourth-order valence-electron chi connectivity index (χ4n) is 1.86. The quantitative estimate of drug-likeness (QED) is 0.463. The summed E-state index contributed by atoms with van der Waals surface area (Å²) in [6.45, 7) is 0. The van der Waals surface area contributed by atoms with Crippen molar-refractivity contribution in [1.82, 2.24) is 0 Å². The molecule has 0 bridgehead atoms. The molecule has 2 aromatic rings. The van der Waals surface area contributed by atoms with Gasteiger partial charge in [0.25, 0.3) is 5.69 Å². The van der Waals surface area contributed by atoms with Crippen LogP contribution in [0.15, 0.2) is 46.9 Å². The van der Waals surface area contributed by atoms with Crippen molar-refractivity contribution in [2.45, 2.75) is 6.42 Å². The van der Waals surface area contributed by atoms with E-state index in [-0.39, 0.29) is 28.5 Å². The molecule has 6 heteroatoms. The molecular formula is C14H9BrClNO3. The fraction of sp³-hybridized carbons (Fsp3) is 0.0714. The lowest BCUT2D eigenvalue weighted by molar-refractivity contribution is -0.385. The van der Waals surface area contributed by atoms with Gasteiger partial charge in [0, 0.05) is 17.0 Å². The molecule has 0 radical (unpaired) electrons. The predicted octanol–water partition coefficient (Wildman–Crippen LogP) is 4.44. The highest BCUT2D eigenvalue weighted by Gasteiger charge is 2.23. The summed E-state index contributed by atoms with van der Waals surface area (Å²) in [7, 11) is 0. The van der Waals surface area contributed by atoms with Crippen LogP contribution in [0.5, 0.6) is 0 Å². The van der Waals surface area contributed by atoms with Crippen LogP contribution in [0.2, 0.25) is 5.02 Å². The van der Waals surface area contributed by atoms with Crippen molar-refractivity contribution in [1.29, 1.82) is 0 Å². The Morgan fingerprint density at radius 3 is 2.60 bits per heavy atom. The van der Waals surface area contributed by atoms with E-state index in [2.05, 4.69) is 15.9 Å². The van der Waals surface area contributed by atoms with Crippen molar-refractivity contribution in [2.75, 3.05) is 0 Å². The average molecular weight is 355 g/mol. The first-order valence-electron chi connectivity index (χ1n) is 5.69. The Bertz CT molecular complexity index is 688. The molecule has 4 nitrogen and oxygen atoms in total. The lowest BCUT2D eigenvalue weighted by Crippen LogP contribution is -2.08. The van der Waals surface area contributed by atoms with E-state index in [1.54, 1.807) is 18.2 Å². The van der Waals surface area contributed by atoms with Crippen LogP contribution in [-0.2, 0) is 6.42 Å². The van der Waals surface area contributed by atoms with Crippen molar-refractivity contribution in [3.63, 3.8) is 0 Å². The number of nitrogens with zero attached hydrogens (tertiary/aromatic N) is 1. The Morgan fingerprint density at radius 2 is 1.95 bits per heavy atom. The maximum atomic E-state index is 12.3. The smallest absolute Gasteiger partial charge is 0.281 e. The number of halogens is 2. The van der Waals surface area contributed by atoms with Crippen LogP contribution in [0, 0.1) is 10.1 Å². The van der Waals surface area contributed by atoms with Crippen LogP contribution in [0.25, 0.3) is 0 Å². The summed E-state index contributed by atoms with van der Waals surface area (Å²) >= 11 is 9.25. The Labute approximate surface area is 128 Å². The zero-order chi connectivity index (χ0) is 14.7. The van der Waals surface area contributed by atoms with Gasteiger partial charge in [0.05, 0.1) is 9.95 Å². The highest BCUT2D eigenvalue weighted by Crippen LogP contribution is 2.27. The number of rotatable bonds is 4. The summed E-state index contributed by atoms with van der Waals surface area (Å²) in [5, 5.41) is 11.1. The third-order valence-corrected chi connectivity index (χ3v) is 3.53. The zero-order valence-electron chi connectivity index (χ0n) is 10.2. The van der Waals surface area contributed by atoms with Gasteiger partial charge in [-0.25, -0.2) is 0 Å². The topological polar surface area (TPSA) is 60.2 Å². The van der Waals surface area contributed by atoms with E-state index in [0.717, 1.165) is 10.0 Å². The first kappa shape index (κ1) is 14.7. The molecule has 0 heterocycles. The van der Waals surface area contributed by atoms with E-state index in [0.29, 0.717) is 0 Å². The molecule has 0 saturated carbocycles. The molecular weight excluding hydrogens is 346 g/mol. The molecule has 0 aliphatic carbocycles. The summed E-state index contributed by atoms with van der Waals surface area (Å²) in [5.74, 6) is -0.375. The second-order valence-electron chi connectivity index (χ2n) is 4.12. The number of hydrogen-bond acceptors (Lipinski definition) is 3. The second-order valence-corrected chi connectivity index (χ2v) is 5.44. The average Bonchev–Trinajstić information content (AvgIpc) is 2.38. The van der Waals surface area contributed by atoms with E-state index < -0.39 is 4.92 Å². The Hall–Kier alpha value is -1.72. The van der Waals surface area contributed by atoms with Crippen LogP contribution in [0.3, 0.4) is 0 Å². The molecule has 0 fully saturated rings. The van der Waals surface area contributed by atoms with E-state index in [1.807, 2.05) is 6.07 Å². The Balaban J connectivity index is 2.37. The minimum Gasteiger partial charge on any atom is -0.293 e. The minimum atomic E-state index is -0.597. The molecule has 2 aromatic carbocycles. The number of ketones is 1. The normalized spacial score (nSPS) is 10.3. The molecule has 0 atom stereocenters. The number of carbonyl (C=O) groups excluding carboxylic acids is 1. The molecule has 0 unspecified atom stereocenters. The maximum absolute atomic E-state index is 12.3. The molecule has 0 aliphatic rings. The van der Waals surface area contributed by atoms with E-state index >= 15 is 0 Å². The van der Waals surface area contributed by atoms with Gasteiger partial charge in [0.15, 0.2) is 5.78 Å². The van der Waals surface area contributed by atoms with Crippen LogP contribution < -0.4 is 0 Å². The molecule has 0 aromatic heterocycles. The summed E-state index contributed by atoms with van der Waals surface area (Å²) in [4.78, 5) is 22.6.